The van der Waals surface area contributed by atoms with Crippen LogP contribution in [0.3, 0.4) is 0 Å². The van der Waals surface area contributed by atoms with Crippen LogP contribution < -0.4 is 16.4 Å². The molecular weight excluding hydrogens is 254 g/mol. The Kier molecular flexibility index (Phi) is 7.08. The number of rotatable bonds is 9. The SMILES string of the molecule is CCCNc1cc(NCC(O)C(CC)CC)nc(N)n1. The van der Waals surface area contributed by atoms with Crippen molar-refractivity contribution in [1.82, 2.24) is 9.97 Å². The lowest BCUT2D eigenvalue weighted by Gasteiger charge is -2.20. The first-order valence-corrected chi connectivity index (χ1v) is 7.41. The van der Waals surface area contributed by atoms with Gasteiger partial charge in [0.15, 0.2) is 0 Å². The van der Waals surface area contributed by atoms with E-state index in [2.05, 4.69) is 41.4 Å². The van der Waals surface area contributed by atoms with E-state index in [1.807, 2.05) is 6.07 Å². The number of hydrogen-bond donors (Lipinski definition) is 4. The Labute approximate surface area is 121 Å². The molecule has 1 unspecified atom stereocenters. The maximum atomic E-state index is 10.1. The summed E-state index contributed by atoms with van der Waals surface area (Å²) >= 11 is 0. The summed E-state index contributed by atoms with van der Waals surface area (Å²) in [5, 5.41) is 16.4. The highest BCUT2D eigenvalue weighted by molar-refractivity contribution is 5.51. The minimum atomic E-state index is -0.381. The summed E-state index contributed by atoms with van der Waals surface area (Å²) in [6.45, 7) is 7.57. The molecule has 0 saturated heterocycles. The van der Waals surface area contributed by atoms with Gasteiger partial charge in [-0.25, -0.2) is 0 Å². The molecule has 1 aromatic rings. The van der Waals surface area contributed by atoms with Gasteiger partial charge in [0.25, 0.3) is 0 Å². The van der Waals surface area contributed by atoms with E-state index in [-0.39, 0.29) is 12.1 Å². The van der Waals surface area contributed by atoms with Gasteiger partial charge in [-0.3, -0.25) is 0 Å². The number of anilines is 3. The number of hydrogen-bond acceptors (Lipinski definition) is 6. The fourth-order valence-electron chi connectivity index (χ4n) is 2.11. The van der Waals surface area contributed by atoms with E-state index < -0.39 is 0 Å². The van der Waals surface area contributed by atoms with E-state index in [4.69, 9.17) is 5.73 Å². The second-order valence-electron chi connectivity index (χ2n) is 4.95. The van der Waals surface area contributed by atoms with Crippen LogP contribution in [0.2, 0.25) is 0 Å². The fourth-order valence-corrected chi connectivity index (χ4v) is 2.11. The second-order valence-corrected chi connectivity index (χ2v) is 4.95. The number of nitrogens with one attached hydrogen (secondary N) is 2. The van der Waals surface area contributed by atoms with E-state index in [9.17, 15) is 5.11 Å². The molecule has 0 aromatic carbocycles. The van der Waals surface area contributed by atoms with Crippen molar-refractivity contribution >= 4 is 17.6 Å². The predicted molar refractivity (Wildman–Crippen MR) is 83.8 cm³/mol. The quantitative estimate of drug-likeness (QED) is 0.553. The summed E-state index contributed by atoms with van der Waals surface area (Å²) < 4.78 is 0. The first-order chi connectivity index (χ1) is 9.60. The van der Waals surface area contributed by atoms with Gasteiger partial charge in [-0.15, -0.1) is 0 Å². The molecule has 1 rings (SSSR count). The highest BCUT2D eigenvalue weighted by Gasteiger charge is 2.15. The number of nitrogen functional groups attached to an aromatic ring is 1. The van der Waals surface area contributed by atoms with Crippen molar-refractivity contribution in [2.75, 3.05) is 29.5 Å². The zero-order chi connectivity index (χ0) is 15.0. The highest BCUT2D eigenvalue weighted by Crippen LogP contribution is 2.16. The van der Waals surface area contributed by atoms with Gasteiger partial charge in [-0.2, -0.15) is 9.97 Å². The van der Waals surface area contributed by atoms with Gasteiger partial charge >= 0.3 is 0 Å². The van der Waals surface area contributed by atoms with Crippen LogP contribution in [0, 0.1) is 5.92 Å². The van der Waals surface area contributed by atoms with Crippen LogP contribution in [0.4, 0.5) is 17.6 Å². The van der Waals surface area contributed by atoms with Crippen LogP contribution in [0.15, 0.2) is 6.07 Å². The zero-order valence-corrected chi connectivity index (χ0v) is 12.7. The van der Waals surface area contributed by atoms with Crippen LogP contribution in [0.5, 0.6) is 0 Å². The molecule has 0 bridgehead atoms. The van der Waals surface area contributed by atoms with Gasteiger partial charge < -0.3 is 21.5 Å². The summed E-state index contributed by atoms with van der Waals surface area (Å²) in [5.41, 5.74) is 5.68. The van der Waals surface area contributed by atoms with E-state index in [0.717, 1.165) is 25.8 Å². The predicted octanol–water partition coefficient (Wildman–Crippen LogP) is 2.09. The molecule has 0 aliphatic heterocycles. The summed E-state index contributed by atoms with van der Waals surface area (Å²) in [6.07, 6.45) is 2.57. The first-order valence-electron chi connectivity index (χ1n) is 7.41. The van der Waals surface area contributed by atoms with Gasteiger partial charge in [0, 0.05) is 19.2 Å². The number of aliphatic hydroxyl groups is 1. The Balaban J connectivity index is 2.60. The molecule has 6 heteroatoms. The van der Waals surface area contributed by atoms with E-state index in [1.165, 1.54) is 0 Å². The van der Waals surface area contributed by atoms with E-state index in [1.54, 1.807) is 0 Å². The van der Waals surface area contributed by atoms with Crippen LogP contribution in [0.25, 0.3) is 0 Å². The van der Waals surface area contributed by atoms with Gasteiger partial charge in [-0.05, 0) is 12.3 Å². The van der Waals surface area contributed by atoms with Crippen LogP contribution in [-0.2, 0) is 0 Å². The normalized spacial score (nSPS) is 12.4. The third kappa shape index (κ3) is 5.21. The number of nitrogens with two attached hydrogens (primary N) is 1. The van der Waals surface area contributed by atoms with Gasteiger partial charge in [0.1, 0.15) is 11.6 Å². The van der Waals surface area contributed by atoms with Crippen LogP contribution in [-0.4, -0.2) is 34.3 Å². The Morgan fingerprint density at radius 2 is 1.75 bits per heavy atom. The molecule has 5 N–H and O–H groups in total. The molecule has 1 heterocycles. The molecule has 0 aliphatic carbocycles. The summed E-state index contributed by atoms with van der Waals surface area (Å²) in [6, 6.07) is 1.81. The van der Waals surface area contributed by atoms with Gasteiger partial charge in [0.05, 0.1) is 6.10 Å². The van der Waals surface area contributed by atoms with Crippen molar-refractivity contribution in [3.05, 3.63) is 6.07 Å². The molecule has 0 aliphatic rings. The van der Waals surface area contributed by atoms with Gasteiger partial charge in [-0.1, -0.05) is 33.6 Å². The molecule has 0 saturated carbocycles. The number of nitrogens with zero attached hydrogens (tertiary/aromatic N) is 2. The summed E-state index contributed by atoms with van der Waals surface area (Å²) in [7, 11) is 0. The maximum Gasteiger partial charge on any atom is 0.223 e. The molecular formula is C14H27N5O. The van der Waals surface area contributed by atoms with Crippen molar-refractivity contribution in [1.29, 1.82) is 0 Å². The number of aromatic nitrogens is 2. The minimum Gasteiger partial charge on any atom is -0.391 e. The largest absolute Gasteiger partial charge is 0.391 e. The summed E-state index contributed by atoms with van der Waals surface area (Å²) in [4.78, 5) is 8.25. The smallest absolute Gasteiger partial charge is 0.223 e. The molecule has 1 aromatic heterocycles. The minimum absolute atomic E-state index is 0.227. The van der Waals surface area contributed by atoms with Crippen molar-refractivity contribution in [2.45, 2.75) is 46.1 Å². The van der Waals surface area contributed by atoms with E-state index in [0.29, 0.717) is 24.1 Å². The number of aliphatic hydroxyl groups excluding tert-OH is 1. The van der Waals surface area contributed by atoms with Gasteiger partial charge in [0.2, 0.25) is 5.95 Å². The third-order valence-electron chi connectivity index (χ3n) is 3.38. The van der Waals surface area contributed by atoms with Crippen molar-refractivity contribution in [2.24, 2.45) is 5.92 Å². The van der Waals surface area contributed by atoms with E-state index >= 15 is 0 Å². The molecule has 0 amide bonds. The topological polar surface area (TPSA) is 96.1 Å². The van der Waals surface area contributed by atoms with Crippen LogP contribution in [0.1, 0.15) is 40.0 Å². The Bertz CT molecular complexity index is 395. The van der Waals surface area contributed by atoms with Crippen molar-refractivity contribution in [3.8, 4) is 0 Å². The summed E-state index contributed by atoms with van der Waals surface area (Å²) in [5.74, 6) is 1.88. The lowest BCUT2D eigenvalue weighted by atomic mass is 9.97. The lowest BCUT2D eigenvalue weighted by Crippen LogP contribution is -2.28. The molecule has 0 spiro atoms. The zero-order valence-electron chi connectivity index (χ0n) is 12.7. The fraction of sp³-hybridized carbons (Fsp3) is 0.714. The Hall–Kier alpha value is -1.56. The molecule has 114 valence electrons. The molecule has 20 heavy (non-hydrogen) atoms. The lowest BCUT2D eigenvalue weighted by molar-refractivity contribution is 0.114. The molecule has 6 nitrogen and oxygen atoms in total. The molecule has 0 radical (unpaired) electrons. The monoisotopic (exact) mass is 281 g/mol. The average Bonchev–Trinajstić information content (AvgIpc) is 2.43. The van der Waals surface area contributed by atoms with Crippen LogP contribution >= 0.6 is 0 Å². The highest BCUT2D eigenvalue weighted by atomic mass is 16.3. The average molecular weight is 281 g/mol. The molecule has 1 atom stereocenters. The Morgan fingerprint density at radius 1 is 1.15 bits per heavy atom. The third-order valence-corrected chi connectivity index (χ3v) is 3.38. The first kappa shape index (κ1) is 16.5. The Morgan fingerprint density at radius 3 is 2.30 bits per heavy atom. The molecule has 0 fully saturated rings. The second kappa shape index (κ2) is 8.58. The van der Waals surface area contributed by atoms with Crippen molar-refractivity contribution < 1.29 is 5.11 Å². The maximum absolute atomic E-state index is 10.1. The standard InChI is InChI=1S/C14H27N5O/c1-4-7-16-12-8-13(19-14(15)18-12)17-9-11(20)10(5-2)6-3/h8,10-11,20H,4-7,9H2,1-3H3,(H4,15,16,17,18,19). The van der Waals surface area contributed by atoms with Crippen molar-refractivity contribution in [3.63, 3.8) is 0 Å².